The van der Waals surface area contributed by atoms with Gasteiger partial charge in [-0.2, -0.15) is 8.42 Å². The van der Waals surface area contributed by atoms with Crippen LogP contribution >= 0.6 is 0 Å². The van der Waals surface area contributed by atoms with Crippen LogP contribution in [-0.4, -0.2) is 96.4 Å². The van der Waals surface area contributed by atoms with Gasteiger partial charge in [-0.15, -0.1) is 0 Å². The Kier molecular flexibility index (Phi) is 669. The van der Waals surface area contributed by atoms with E-state index in [1.54, 1.807) is 0 Å². The van der Waals surface area contributed by atoms with Crippen molar-refractivity contribution in [2.45, 2.75) is 0 Å². The average molecular weight is 284 g/mol. The third-order valence-corrected chi connectivity index (χ3v) is 0. The van der Waals surface area contributed by atoms with Gasteiger partial charge in [-0.25, -0.2) is 0 Å². The topological polar surface area (TPSA) is 358 Å². The van der Waals surface area contributed by atoms with Crippen molar-refractivity contribution in [3.05, 3.63) is 0 Å². The predicted molar refractivity (Wildman–Crippen MR) is 53.9 cm³/mol. The zero-order valence-corrected chi connectivity index (χ0v) is 7.44. The summed E-state index contributed by atoms with van der Waals surface area (Å²) in [6.45, 7) is 0. The van der Waals surface area contributed by atoms with Gasteiger partial charge in [0, 0.05) is 0 Å². The van der Waals surface area contributed by atoms with Crippen LogP contribution in [0.15, 0.2) is 0 Å². The predicted octanol–water partition coefficient (Wildman–Crippen LogP) is -8.72. The molecule has 0 aromatic rings. The first-order chi connectivity index (χ1) is 2.00. The molecule has 15 heteroatoms. The van der Waals surface area contributed by atoms with E-state index in [4.69, 9.17) is 17.5 Å². The van der Waals surface area contributed by atoms with E-state index in [-0.39, 0.29) is 78.8 Å². The summed E-state index contributed by atoms with van der Waals surface area (Å²) in [5, 5.41) is 0. The van der Waals surface area contributed by atoms with E-state index >= 15 is 0 Å². The Hall–Kier alpha value is 0.510. The van der Waals surface area contributed by atoms with E-state index in [1.165, 1.54) is 0 Å². The summed E-state index contributed by atoms with van der Waals surface area (Å²) in [7, 11) is -4.67. The van der Waals surface area contributed by atoms with Gasteiger partial charge in [0.25, 0.3) is 0 Å². The molecule has 0 atom stereocenters. The minimum atomic E-state index is -4.67. The van der Waals surface area contributed by atoms with Gasteiger partial charge in [-0.3, -0.25) is 9.11 Å². The molecular weight excluding hydrogens is 263 g/mol. The monoisotopic (exact) mass is 284 g/mol. The van der Waals surface area contributed by atoms with Gasteiger partial charge in [-0.1, -0.05) is 0 Å². The van der Waals surface area contributed by atoms with Gasteiger partial charge in [-0.05, 0) is 0 Å². The fourth-order valence-electron chi connectivity index (χ4n) is 0. The first-order valence-corrected chi connectivity index (χ1v) is 2.10. The van der Waals surface area contributed by atoms with Gasteiger partial charge >= 0.3 is 40.0 Å². The second-order valence-electron chi connectivity index (χ2n) is 0.448. The first-order valence-electron chi connectivity index (χ1n) is 0.698. The maximum atomic E-state index is 8.74. The second kappa shape index (κ2) is 62.5. The number of hydrogen-bond acceptors (Lipinski definition) is 2. The van der Waals surface area contributed by atoms with Gasteiger partial charge in [0.1, 0.15) is 0 Å². The molecule has 0 saturated heterocycles. The van der Waals surface area contributed by atoms with E-state index in [2.05, 4.69) is 0 Å². The van der Waals surface area contributed by atoms with Crippen molar-refractivity contribution in [1.29, 1.82) is 0 Å². The Morgan fingerprint density at radius 2 is 0.533 bits per heavy atom. The molecule has 0 unspecified atom stereocenters. The van der Waals surface area contributed by atoms with Crippen molar-refractivity contribution in [1.82, 2.24) is 0 Å². The molecule has 0 amide bonds. The Morgan fingerprint density at radius 3 is 0.533 bits per heavy atom. The van der Waals surface area contributed by atoms with Gasteiger partial charge in [0.05, 0.1) is 0 Å². The number of rotatable bonds is 0. The zero-order valence-electron chi connectivity index (χ0n) is 6.62. The third kappa shape index (κ3) is 8730. The van der Waals surface area contributed by atoms with Crippen molar-refractivity contribution in [2.24, 2.45) is 0 Å². The average Bonchev–Trinajstić information content (AvgIpc) is 0.722. The van der Waals surface area contributed by atoms with Crippen LogP contribution in [0.2, 0.25) is 0 Å². The minimum absolute atomic E-state index is 0. The second-order valence-corrected chi connectivity index (χ2v) is 1.34. The molecule has 15 heavy (non-hydrogen) atoms. The molecule has 0 aliphatic rings. The van der Waals surface area contributed by atoms with Crippen LogP contribution in [0.5, 0.6) is 0 Å². The van der Waals surface area contributed by atoms with Crippen LogP contribution in [0.4, 0.5) is 0 Å². The SMILES string of the molecule is O.O.O.O.O.O.O.O.O.O=S(=O)(O)O.[NaH]. The molecule has 0 radical (unpaired) electrons. The molecule has 0 fully saturated rings. The van der Waals surface area contributed by atoms with Gasteiger partial charge < -0.3 is 49.3 Å². The van der Waals surface area contributed by atoms with Crippen LogP contribution in [0.3, 0.4) is 0 Å². The van der Waals surface area contributed by atoms with Crippen molar-refractivity contribution in [2.75, 3.05) is 0 Å². The molecule has 0 rings (SSSR count). The standard InChI is InChI=1S/Na.H2O4S.9H2O.H/c;1-5(2,3)4;;;;;;;;;;/h;(H2,1,2,3,4);9*1H2;. The van der Waals surface area contributed by atoms with Crippen molar-refractivity contribution >= 4 is 40.0 Å². The molecule has 0 aliphatic heterocycles. The van der Waals surface area contributed by atoms with E-state index in [0.29, 0.717) is 0 Å². The molecule has 20 N–H and O–H groups in total. The molecule has 0 spiro atoms. The van der Waals surface area contributed by atoms with Crippen LogP contribution in [-0.2, 0) is 10.4 Å². The van der Waals surface area contributed by atoms with E-state index in [9.17, 15) is 0 Å². The Labute approximate surface area is 107 Å². The van der Waals surface area contributed by atoms with Crippen LogP contribution in [0.1, 0.15) is 0 Å². The summed E-state index contributed by atoms with van der Waals surface area (Å²) < 4.78 is 31.6. The van der Waals surface area contributed by atoms with Gasteiger partial charge in [0.2, 0.25) is 0 Å². The first kappa shape index (κ1) is 161. The molecule has 0 bridgehead atoms. The molecule has 106 valence electrons. The van der Waals surface area contributed by atoms with Crippen LogP contribution in [0, 0.1) is 0 Å². The maximum absolute atomic E-state index is 8.74. The van der Waals surface area contributed by atoms with Crippen LogP contribution < -0.4 is 0 Å². The Balaban J connectivity index is -0.00000000178. The number of hydrogen-bond donors (Lipinski definition) is 2. The summed E-state index contributed by atoms with van der Waals surface area (Å²) in [6.07, 6.45) is 0. The Bertz CT molecular complexity index is 93.7. The van der Waals surface area contributed by atoms with E-state index < -0.39 is 10.4 Å². The summed E-state index contributed by atoms with van der Waals surface area (Å²) >= 11 is 0. The molecule has 0 aliphatic carbocycles. The molecule has 13 nitrogen and oxygen atoms in total. The molecule has 0 saturated carbocycles. The van der Waals surface area contributed by atoms with Crippen molar-refractivity contribution in [3.8, 4) is 0 Å². The van der Waals surface area contributed by atoms with E-state index in [1.807, 2.05) is 0 Å². The summed E-state index contributed by atoms with van der Waals surface area (Å²) in [6, 6.07) is 0. The summed E-state index contributed by atoms with van der Waals surface area (Å²) in [4.78, 5) is 0. The molecule has 0 heterocycles. The zero-order chi connectivity index (χ0) is 4.50. The summed E-state index contributed by atoms with van der Waals surface area (Å²) in [5.74, 6) is 0. The van der Waals surface area contributed by atoms with Crippen molar-refractivity contribution < 1.29 is 66.8 Å². The van der Waals surface area contributed by atoms with Gasteiger partial charge in [0.15, 0.2) is 0 Å². The van der Waals surface area contributed by atoms with Crippen molar-refractivity contribution in [3.63, 3.8) is 0 Å². The molecule has 0 aromatic carbocycles. The molecular formula is H21NaO13S. The summed E-state index contributed by atoms with van der Waals surface area (Å²) in [5.41, 5.74) is 0. The van der Waals surface area contributed by atoms with Crippen LogP contribution in [0.25, 0.3) is 0 Å². The quantitative estimate of drug-likeness (QED) is 0.322. The molecule has 0 aromatic heterocycles. The van der Waals surface area contributed by atoms with E-state index in [0.717, 1.165) is 0 Å². The Morgan fingerprint density at radius 1 is 0.533 bits per heavy atom. The fourth-order valence-corrected chi connectivity index (χ4v) is 0. The third-order valence-electron chi connectivity index (χ3n) is 0. The fraction of sp³-hybridized carbons (Fsp3) is 0. The normalized spacial score (nSPS) is 3.87.